The van der Waals surface area contributed by atoms with E-state index >= 15 is 0 Å². The van der Waals surface area contributed by atoms with Crippen molar-refractivity contribution in [3.8, 4) is 0 Å². The van der Waals surface area contributed by atoms with Gasteiger partial charge in [0.2, 0.25) is 11.8 Å². The molecule has 4 rings (SSSR count). The molecule has 30 heavy (non-hydrogen) atoms. The summed E-state index contributed by atoms with van der Waals surface area (Å²) in [7, 11) is 0. The maximum Gasteiger partial charge on any atom is 0.264 e. The Bertz CT molecular complexity index is 893. The van der Waals surface area contributed by atoms with Crippen molar-refractivity contribution in [3.05, 3.63) is 52.2 Å². The molecule has 1 aromatic carbocycles. The lowest BCUT2D eigenvalue weighted by atomic mass is 10.1. The molecular weight excluding hydrogens is 418 g/mol. The van der Waals surface area contributed by atoms with Gasteiger partial charge in [0.15, 0.2) is 0 Å². The predicted octanol–water partition coefficient (Wildman–Crippen LogP) is 3.11. The molecule has 3 amide bonds. The zero-order chi connectivity index (χ0) is 20.9. The molecule has 0 bridgehead atoms. The molecule has 0 unspecified atom stereocenters. The Morgan fingerprint density at radius 2 is 1.80 bits per heavy atom. The van der Waals surface area contributed by atoms with E-state index in [0.717, 1.165) is 36.6 Å². The Morgan fingerprint density at radius 3 is 2.50 bits per heavy atom. The molecule has 3 heterocycles. The summed E-state index contributed by atoms with van der Waals surface area (Å²) in [5, 5.41) is 4.80. The van der Waals surface area contributed by atoms with Crippen LogP contribution in [0.25, 0.3) is 0 Å². The monoisotopic (exact) mass is 443 g/mol. The fourth-order valence-electron chi connectivity index (χ4n) is 3.85. The molecule has 0 saturated carbocycles. The summed E-state index contributed by atoms with van der Waals surface area (Å²) in [4.78, 5) is 42.1. The van der Waals surface area contributed by atoms with Crippen molar-refractivity contribution in [2.75, 3.05) is 36.5 Å². The number of likely N-dealkylation sites (tertiary alicyclic amines) is 1. The Hall–Kier alpha value is -2.32. The highest BCUT2D eigenvalue weighted by molar-refractivity contribution is 7.99. The number of thioether (sulfide) groups is 1. The van der Waals surface area contributed by atoms with Crippen molar-refractivity contribution in [1.82, 2.24) is 9.80 Å². The van der Waals surface area contributed by atoms with Crippen molar-refractivity contribution >= 4 is 46.5 Å². The fourth-order valence-corrected chi connectivity index (χ4v) is 5.44. The predicted molar refractivity (Wildman–Crippen MR) is 121 cm³/mol. The first-order valence-corrected chi connectivity index (χ1v) is 12.2. The van der Waals surface area contributed by atoms with Gasteiger partial charge in [-0.25, -0.2) is 0 Å². The summed E-state index contributed by atoms with van der Waals surface area (Å²) in [5.74, 6) is 1.92. The summed E-state index contributed by atoms with van der Waals surface area (Å²) < 4.78 is 0. The van der Waals surface area contributed by atoms with E-state index in [1.807, 2.05) is 52.4 Å². The molecule has 2 fully saturated rings. The van der Waals surface area contributed by atoms with E-state index in [1.54, 1.807) is 11.0 Å². The Balaban J connectivity index is 1.34. The van der Waals surface area contributed by atoms with Crippen LogP contribution in [-0.2, 0) is 16.0 Å². The maximum atomic E-state index is 12.8. The average Bonchev–Trinajstić information content (AvgIpc) is 3.47. The number of amides is 3. The van der Waals surface area contributed by atoms with Gasteiger partial charge in [0.25, 0.3) is 5.91 Å². The van der Waals surface area contributed by atoms with Crippen LogP contribution in [0.2, 0.25) is 0 Å². The molecule has 1 aromatic heterocycles. The molecule has 2 aliphatic rings. The van der Waals surface area contributed by atoms with Crippen LogP contribution in [0.5, 0.6) is 0 Å². The van der Waals surface area contributed by atoms with Crippen LogP contribution in [0.3, 0.4) is 0 Å². The van der Waals surface area contributed by atoms with Crippen molar-refractivity contribution in [2.24, 2.45) is 0 Å². The summed E-state index contributed by atoms with van der Waals surface area (Å²) >= 11 is 3.28. The highest BCUT2D eigenvalue weighted by Crippen LogP contribution is 2.23. The number of nitrogens with zero attached hydrogens (tertiary/aromatic N) is 2. The summed E-state index contributed by atoms with van der Waals surface area (Å²) in [6.45, 7) is 2.24. The van der Waals surface area contributed by atoms with Gasteiger partial charge in [0.05, 0.1) is 11.3 Å². The van der Waals surface area contributed by atoms with Crippen LogP contribution in [0.15, 0.2) is 41.8 Å². The van der Waals surface area contributed by atoms with Crippen molar-refractivity contribution in [1.29, 1.82) is 0 Å². The van der Waals surface area contributed by atoms with Gasteiger partial charge in [-0.2, -0.15) is 11.8 Å². The number of carbonyl (C=O) groups excluding carboxylic acids is 3. The number of carbonyl (C=O) groups is 3. The van der Waals surface area contributed by atoms with E-state index in [1.165, 1.54) is 11.3 Å². The SMILES string of the molecule is O=C(Nc1ccc(CC(=O)N2CCSCC2)cc1)[C@@H]1CCCN1C(=O)c1cccs1. The maximum absolute atomic E-state index is 12.8. The minimum Gasteiger partial charge on any atom is -0.341 e. The zero-order valence-corrected chi connectivity index (χ0v) is 18.3. The second-order valence-corrected chi connectivity index (χ2v) is 9.66. The van der Waals surface area contributed by atoms with E-state index in [-0.39, 0.29) is 17.7 Å². The van der Waals surface area contributed by atoms with Gasteiger partial charge in [0.1, 0.15) is 6.04 Å². The summed E-state index contributed by atoms with van der Waals surface area (Å²) in [6.07, 6.45) is 1.87. The third kappa shape index (κ3) is 4.87. The number of hydrogen-bond acceptors (Lipinski definition) is 5. The standard InChI is InChI=1S/C22H25N3O3S2/c26-20(24-10-13-29-14-11-24)15-16-5-7-17(8-6-16)23-21(27)18-3-1-9-25(18)22(28)19-4-2-12-30-19/h2,4-8,12,18H,1,3,9-11,13-15H2,(H,23,27)/t18-/m0/s1. The second kappa shape index (κ2) is 9.66. The molecular formula is C22H25N3O3S2. The molecule has 0 aliphatic carbocycles. The van der Waals surface area contributed by atoms with Gasteiger partial charge in [-0.3, -0.25) is 14.4 Å². The Labute approximate surface area is 184 Å². The lowest BCUT2D eigenvalue weighted by molar-refractivity contribution is -0.130. The van der Waals surface area contributed by atoms with Crippen LogP contribution in [0.1, 0.15) is 28.1 Å². The quantitative estimate of drug-likeness (QED) is 0.771. The van der Waals surface area contributed by atoms with Crippen LogP contribution < -0.4 is 5.32 Å². The Morgan fingerprint density at radius 1 is 1.03 bits per heavy atom. The number of nitrogens with one attached hydrogen (secondary N) is 1. The molecule has 8 heteroatoms. The van der Waals surface area contributed by atoms with Crippen LogP contribution in [-0.4, -0.2) is 64.7 Å². The molecule has 1 atom stereocenters. The van der Waals surface area contributed by atoms with E-state index in [4.69, 9.17) is 0 Å². The molecule has 0 radical (unpaired) electrons. The van der Waals surface area contributed by atoms with Crippen molar-refractivity contribution < 1.29 is 14.4 Å². The van der Waals surface area contributed by atoms with Crippen LogP contribution in [0.4, 0.5) is 5.69 Å². The largest absolute Gasteiger partial charge is 0.341 e. The van der Waals surface area contributed by atoms with Crippen LogP contribution >= 0.6 is 23.1 Å². The van der Waals surface area contributed by atoms with Crippen molar-refractivity contribution in [2.45, 2.75) is 25.3 Å². The lowest BCUT2D eigenvalue weighted by Gasteiger charge is -2.26. The Kier molecular flexibility index (Phi) is 6.74. The first-order valence-electron chi connectivity index (χ1n) is 10.2. The lowest BCUT2D eigenvalue weighted by Crippen LogP contribution is -2.42. The van der Waals surface area contributed by atoms with E-state index in [9.17, 15) is 14.4 Å². The molecule has 1 N–H and O–H groups in total. The fraction of sp³-hybridized carbons (Fsp3) is 0.409. The molecule has 0 spiro atoms. The topological polar surface area (TPSA) is 69.7 Å². The first-order chi connectivity index (χ1) is 14.6. The molecule has 6 nitrogen and oxygen atoms in total. The van der Waals surface area contributed by atoms with Gasteiger partial charge >= 0.3 is 0 Å². The number of rotatable bonds is 5. The third-order valence-corrected chi connectivity index (χ3v) is 7.29. The van der Waals surface area contributed by atoms with E-state index in [2.05, 4.69) is 5.32 Å². The molecule has 158 valence electrons. The zero-order valence-electron chi connectivity index (χ0n) is 16.7. The van der Waals surface area contributed by atoms with Crippen LogP contribution in [0, 0.1) is 0 Å². The number of anilines is 1. The number of hydrogen-bond donors (Lipinski definition) is 1. The minimum absolute atomic E-state index is 0.0763. The highest BCUT2D eigenvalue weighted by Gasteiger charge is 2.34. The average molecular weight is 444 g/mol. The first kappa shape index (κ1) is 20.9. The summed E-state index contributed by atoms with van der Waals surface area (Å²) in [6, 6.07) is 10.6. The van der Waals surface area contributed by atoms with Crippen molar-refractivity contribution in [3.63, 3.8) is 0 Å². The molecule has 2 saturated heterocycles. The van der Waals surface area contributed by atoms with Gasteiger partial charge in [0, 0.05) is 36.8 Å². The number of benzene rings is 1. The van der Waals surface area contributed by atoms with Gasteiger partial charge in [-0.15, -0.1) is 11.3 Å². The van der Waals surface area contributed by atoms with Gasteiger partial charge in [-0.05, 0) is 42.0 Å². The third-order valence-electron chi connectivity index (χ3n) is 5.49. The number of thiophene rings is 1. The van der Waals surface area contributed by atoms with Gasteiger partial charge in [-0.1, -0.05) is 18.2 Å². The van der Waals surface area contributed by atoms with E-state index < -0.39 is 6.04 Å². The smallest absolute Gasteiger partial charge is 0.264 e. The van der Waals surface area contributed by atoms with Gasteiger partial charge < -0.3 is 15.1 Å². The normalized spacial score (nSPS) is 19.0. The highest BCUT2D eigenvalue weighted by atomic mass is 32.2. The second-order valence-electron chi connectivity index (χ2n) is 7.49. The minimum atomic E-state index is -0.446. The summed E-state index contributed by atoms with van der Waals surface area (Å²) in [5.41, 5.74) is 1.62. The molecule has 2 aromatic rings. The molecule has 2 aliphatic heterocycles. The van der Waals surface area contributed by atoms with E-state index in [0.29, 0.717) is 30.0 Å².